The second-order valence-electron chi connectivity index (χ2n) is 12.3. The van der Waals surface area contributed by atoms with Crippen molar-refractivity contribution in [2.24, 2.45) is 0 Å². The van der Waals surface area contributed by atoms with Gasteiger partial charge < -0.3 is 9.13 Å². The minimum atomic E-state index is 0.412. The molecule has 0 amide bonds. The zero-order chi connectivity index (χ0) is 33.8. The Balaban J connectivity index is 1.22. The van der Waals surface area contributed by atoms with E-state index in [9.17, 15) is 15.8 Å². The molecule has 0 aliphatic carbocycles. The predicted octanol–water partition coefficient (Wildman–Crippen LogP) is 10.8. The third-order valence-corrected chi connectivity index (χ3v) is 9.67. The van der Waals surface area contributed by atoms with Gasteiger partial charge in [0, 0.05) is 32.7 Å². The summed E-state index contributed by atoms with van der Waals surface area (Å²) < 4.78 is 4.38. The first kappa shape index (κ1) is 28.8. The lowest BCUT2D eigenvalue weighted by Gasteiger charge is -2.16. The van der Waals surface area contributed by atoms with Gasteiger partial charge in [-0.2, -0.15) is 15.8 Å². The molecule has 0 aliphatic rings. The molecule has 0 radical (unpaired) electrons. The van der Waals surface area contributed by atoms with Crippen LogP contribution in [0.3, 0.4) is 0 Å². The molecule has 2 heterocycles. The van der Waals surface area contributed by atoms with Crippen molar-refractivity contribution in [3.05, 3.63) is 168 Å². The third kappa shape index (κ3) is 4.24. The normalized spacial score (nSPS) is 11.1. The van der Waals surface area contributed by atoms with Crippen LogP contribution in [0.5, 0.6) is 0 Å². The summed E-state index contributed by atoms with van der Waals surface area (Å²) in [5, 5.41) is 34.9. The van der Waals surface area contributed by atoms with Crippen LogP contribution in [0, 0.1) is 34.0 Å². The Kier molecular flexibility index (Phi) is 6.56. The zero-order valence-electron chi connectivity index (χ0n) is 26.7. The fourth-order valence-corrected chi connectivity index (χ4v) is 7.50. The summed E-state index contributed by atoms with van der Waals surface area (Å²) in [6, 6.07) is 57.8. The first-order chi connectivity index (χ1) is 24.7. The highest BCUT2D eigenvalue weighted by Gasteiger charge is 2.21. The Labute approximate surface area is 287 Å². The van der Waals surface area contributed by atoms with Crippen LogP contribution in [0.2, 0.25) is 0 Å². The first-order valence-corrected chi connectivity index (χ1v) is 16.3. The maximum Gasteiger partial charge on any atom is 0.102 e. The Hall–Kier alpha value is -7.39. The highest BCUT2D eigenvalue weighted by Crippen LogP contribution is 2.40. The van der Waals surface area contributed by atoms with E-state index in [-0.39, 0.29) is 0 Å². The van der Waals surface area contributed by atoms with Crippen LogP contribution in [-0.2, 0) is 0 Å². The Morgan fingerprint density at radius 1 is 0.400 bits per heavy atom. The summed E-state index contributed by atoms with van der Waals surface area (Å²) in [5.74, 6) is 0. The highest BCUT2D eigenvalue weighted by atomic mass is 15.0. The number of aromatic nitrogens is 2. The highest BCUT2D eigenvalue weighted by molar-refractivity contribution is 6.11. The summed E-state index contributed by atoms with van der Waals surface area (Å²) in [5.41, 5.74) is 10.7. The molecular weight excluding hydrogens is 611 g/mol. The smallest absolute Gasteiger partial charge is 0.102 e. The van der Waals surface area contributed by atoms with E-state index in [4.69, 9.17) is 0 Å². The largest absolute Gasteiger partial charge is 0.309 e. The van der Waals surface area contributed by atoms with Gasteiger partial charge in [-0.15, -0.1) is 0 Å². The molecule has 0 bridgehead atoms. The van der Waals surface area contributed by atoms with Crippen molar-refractivity contribution < 1.29 is 0 Å². The molecule has 0 unspecified atom stereocenters. The Morgan fingerprint density at radius 3 is 1.56 bits per heavy atom. The molecule has 0 aliphatic heterocycles. The van der Waals surface area contributed by atoms with Crippen LogP contribution in [0.1, 0.15) is 16.7 Å². The minimum Gasteiger partial charge on any atom is -0.309 e. The molecule has 0 fully saturated rings. The van der Waals surface area contributed by atoms with E-state index in [1.54, 1.807) is 12.1 Å². The van der Waals surface area contributed by atoms with E-state index in [2.05, 4.69) is 112 Å². The molecule has 230 valence electrons. The van der Waals surface area contributed by atoms with Crippen molar-refractivity contribution in [3.8, 4) is 51.8 Å². The maximum absolute atomic E-state index is 10.7. The number of hydrogen-bond acceptors (Lipinski definition) is 3. The standard InChI is InChI=1S/C45H25N5/c46-26-29-17-23-43-37(25-29)36-12-4-8-16-42(36)50(43)44-24-22-32(27-47)45(38(44)28-48)31-20-18-30(19-21-31)33-9-1-5-13-39(33)49-40-14-6-2-10-34(40)35-11-3-7-15-41(35)49/h1-25H. The Morgan fingerprint density at radius 2 is 0.940 bits per heavy atom. The third-order valence-electron chi connectivity index (χ3n) is 9.67. The van der Waals surface area contributed by atoms with E-state index in [1.807, 2.05) is 54.6 Å². The first-order valence-electron chi connectivity index (χ1n) is 16.3. The quantitative estimate of drug-likeness (QED) is 0.193. The molecule has 7 aromatic carbocycles. The number of para-hydroxylation sites is 4. The van der Waals surface area contributed by atoms with Crippen molar-refractivity contribution in [1.82, 2.24) is 9.13 Å². The predicted molar refractivity (Wildman–Crippen MR) is 200 cm³/mol. The number of hydrogen-bond donors (Lipinski definition) is 0. The molecule has 9 aromatic rings. The lowest BCUT2D eigenvalue weighted by molar-refractivity contribution is 1.17. The van der Waals surface area contributed by atoms with Gasteiger partial charge in [-0.05, 0) is 65.7 Å². The molecule has 5 heteroatoms. The van der Waals surface area contributed by atoms with E-state index in [0.29, 0.717) is 27.9 Å². The molecule has 0 spiro atoms. The molecule has 5 nitrogen and oxygen atoms in total. The maximum atomic E-state index is 10.7. The van der Waals surface area contributed by atoms with Crippen LogP contribution >= 0.6 is 0 Å². The average Bonchev–Trinajstić information content (AvgIpc) is 3.70. The number of nitrogens with zero attached hydrogens (tertiary/aromatic N) is 5. The molecule has 2 aromatic heterocycles. The summed E-state index contributed by atoms with van der Waals surface area (Å²) in [6.45, 7) is 0. The summed E-state index contributed by atoms with van der Waals surface area (Å²) in [7, 11) is 0. The van der Waals surface area contributed by atoms with E-state index >= 15 is 0 Å². The van der Waals surface area contributed by atoms with Crippen molar-refractivity contribution in [3.63, 3.8) is 0 Å². The molecule has 0 N–H and O–H groups in total. The lowest BCUT2D eigenvalue weighted by Crippen LogP contribution is -2.01. The molecule has 0 atom stereocenters. The zero-order valence-corrected chi connectivity index (χ0v) is 26.7. The number of nitriles is 3. The second kappa shape index (κ2) is 11.4. The lowest BCUT2D eigenvalue weighted by atomic mass is 9.92. The topological polar surface area (TPSA) is 81.2 Å². The average molecular weight is 636 g/mol. The summed E-state index contributed by atoms with van der Waals surface area (Å²) in [4.78, 5) is 0. The second-order valence-corrected chi connectivity index (χ2v) is 12.3. The van der Waals surface area contributed by atoms with Gasteiger partial charge in [-0.25, -0.2) is 0 Å². The van der Waals surface area contributed by atoms with Crippen molar-refractivity contribution in [2.75, 3.05) is 0 Å². The minimum absolute atomic E-state index is 0.412. The summed E-state index contributed by atoms with van der Waals surface area (Å²) >= 11 is 0. The van der Waals surface area contributed by atoms with Crippen LogP contribution in [-0.4, -0.2) is 9.13 Å². The van der Waals surface area contributed by atoms with Gasteiger partial charge >= 0.3 is 0 Å². The van der Waals surface area contributed by atoms with Crippen LogP contribution in [0.25, 0.3) is 77.2 Å². The molecule has 50 heavy (non-hydrogen) atoms. The van der Waals surface area contributed by atoms with Gasteiger partial charge in [0.1, 0.15) is 6.07 Å². The monoisotopic (exact) mass is 635 g/mol. The van der Waals surface area contributed by atoms with Gasteiger partial charge in [0.15, 0.2) is 0 Å². The molecule has 9 rings (SSSR count). The number of fused-ring (bicyclic) bond motifs is 6. The van der Waals surface area contributed by atoms with Gasteiger partial charge in [0.2, 0.25) is 0 Å². The van der Waals surface area contributed by atoms with E-state index < -0.39 is 0 Å². The summed E-state index contributed by atoms with van der Waals surface area (Å²) in [6.07, 6.45) is 0. The van der Waals surface area contributed by atoms with Crippen LogP contribution in [0.4, 0.5) is 0 Å². The molecule has 0 saturated carbocycles. The molecular formula is C45H25N5. The SMILES string of the molecule is N#Cc1ccc2c(c1)c1ccccc1n2-c1ccc(C#N)c(-c2ccc(-c3ccccc3-n3c4ccccc4c4ccccc43)cc2)c1C#N. The van der Waals surface area contributed by atoms with Gasteiger partial charge in [-0.1, -0.05) is 97.1 Å². The number of rotatable bonds is 4. The van der Waals surface area contributed by atoms with E-state index in [0.717, 1.165) is 55.2 Å². The molecule has 0 saturated heterocycles. The van der Waals surface area contributed by atoms with Crippen LogP contribution in [0.15, 0.2) is 152 Å². The van der Waals surface area contributed by atoms with Gasteiger partial charge in [-0.3, -0.25) is 0 Å². The van der Waals surface area contributed by atoms with E-state index in [1.165, 1.54) is 10.8 Å². The Bertz CT molecular complexity index is 2900. The fraction of sp³-hybridized carbons (Fsp3) is 0. The van der Waals surface area contributed by atoms with Crippen molar-refractivity contribution in [2.45, 2.75) is 0 Å². The van der Waals surface area contributed by atoms with Crippen molar-refractivity contribution in [1.29, 1.82) is 15.8 Å². The van der Waals surface area contributed by atoms with Gasteiger partial charge in [0.05, 0.1) is 62.3 Å². The number of benzene rings is 7. The van der Waals surface area contributed by atoms with Gasteiger partial charge in [0.25, 0.3) is 0 Å². The van der Waals surface area contributed by atoms with Crippen molar-refractivity contribution >= 4 is 43.6 Å². The fourth-order valence-electron chi connectivity index (χ4n) is 7.50. The van der Waals surface area contributed by atoms with Crippen LogP contribution < -0.4 is 0 Å².